The average Bonchev–Trinajstić information content (AvgIpc) is 2.61. The molecule has 0 amide bonds. The van der Waals surface area contributed by atoms with Gasteiger partial charge in [0.1, 0.15) is 5.75 Å². The molecule has 132 valence electrons. The van der Waals surface area contributed by atoms with E-state index in [1.165, 1.54) is 0 Å². The average molecular weight is 430 g/mol. The minimum absolute atomic E-state index is 0.0506. The van der Waals surface area contributed by atoms with Gasteiger partial charge < -0.3 is 15.3 Å². The van der Waals surface area contributed by atoms with Crippen molar-refractivity contribution in [2.45, 2.75) is 6.54 Å². The molecular weight excluding hydrogens is 415 g/mol. The lowest BCUT2D eigenvalue weighted by atomic mass is 10.2. The maximum Gasteiger partial charge on any atom is 0.270 e. The Morgan fingerprint density at radius 1 is 1.36 bits per heavy atom. The van der Waals surface area contributed by atoms with E-state index >= 15 is 0 Å². The number of phenols is 1. The fraction of sp³-hybridized carbons (Fsp3) is 0.333. The standard InChI is InChI=1S/C15H15BrClFN6O/c16-10-5-9(13(25)11(17)6-10)7-21-23-15-20-8-12(18)14(22-15)24-3-1-19-2-4-24/h5-6,8,19,25H,1-4,7H2. The zero-order valence-corrected chi connectivity index (χ0v) is 15.4. The third kappa shape index (κ3) is 4.42. The number of nitrogens with zero attached hydrogens (tertiary/aromatic N) is 5. The summed E-state index contributed by atoms with van der Waals surface area (Å²) in [6.07, 6.45) is 1.09. The molecule has 2 heterocycles. The number of hydrogen-bond donors (Lipinski definition) is 2. The van der Waals surface area contributed by atoms with E-state index < -0.39 is 5.82 Å². The minimum Gasteiger partial charge on any atom is -0.506 e. The van der Waals surface area contributed by atoms with Crippen LogP contribution in [0, 0.1) is 5.82 Å². The van der Waals surface area contributed by atoms with Crippen LogP contribution in [0.5, 0.6) is 5.75 Å². The number of piperazine rings is 1. The number of rotatable bonds is 4. The highest BCUT2D eigenvalue weighted by Gasteiger charge is 2.17. The molecule has 1 aromatic carbocycles. The molecule has 1 fully saturated rings. The molecule has 0 unspecified atom stereocenters. The Balaban J connectivity index is 1.75. The minimum atomic E-state index is -0.489. The summed E-state index contributed by atoms with van der Waals surface area (Å²) in [7, 11) is 0. The Bertz CT molecular complexity index is 800. The molecule has 25 heavy (non-hydrogen) atoms. The van der Waals surface area contributed by atoms with Crippen molar-refractivity contribution in [1.82, 2.24) is 15.3 Å². The first-order valence-corrected chi connectivity index (χ1v) is 8.74. The van der Waals surface area contributed by atoms with Crippen LogP contribution in [-0.4, -0.2) is 41.3 Å². The van der Waals surface area contributed by atoms with Crippen LogP contribution in [0.1, 0.15) is 5.56 Å². The number of halogens is 3. The van der Waals surface area contributed by atoms with Crippen molar-refractivity contribution in [3.05, 3.63) is 39.2 Å². The van der Waals surface area contributed by atoms with Crippen molar-refractivity contribution in [1.29, 1.82) is 0 Å². The van der Waals surface area contributed by atoms with Crippen LogP contribution in [0.2, 0.25) is 5.02 Å². The topological polar surface area (TPSA) is 86.0 Å². The number of aromatic hydroxyl groups is 1. The van der Waals surface area contributed by atoms with Crippen LogP contribution in [0.15, 0.2) is 33.0 Å². The number of anilines is 1. The van der Waals surface area contributed by atoms with E-state index in [-0.39, 0.29) is 29.1 Å². The fourth-order valence-electron chi connectivity index (χ4n) is 2.41. The number of benzene rings is 1. The Hall–Kier alpha value is -1.84. The number of aromatic nitrogens is 2. The van der Waals surface area contributed by atoms with Crippen molar-refractivity contribution in [2.24, 2.45) is 10.2 Å². The summed E-state index contributed by atoms with van der Waals surface area (Å²) in [4.78, 5) is 9.81. The van der Waals surface area contributed by atoms with Gasteiger partial charge in [0.2, 0.25) is 0 Å². The molecule has 2 N–H and O–H groups in total. The molecule has 1 saturated heterocycles. The first kappa shape index (κ1) is 18.0. The second-order valence-corrected chi connectivity index (χ2v) is 6.70. The Labute approximate surface area is 157 Å². The first-order chi connectivity index (χ1) is 12.0. The third-order valence-electron chi connectivity index (χ3n) is 3.64. The van der Waals surface area contributed by atoms with Gasteiger partial charge >= 0.3 is 0 Å². The molecule has 10 heteroatoms. The normalized spacial score (nSPS) is 15.1. The summed E-state index contributed by atoms with van der Waals surface area (Å²) in [6, 6.07) is 3.28. The monoisotopic (exact) mass is 428 g/mol. The smallest absolute Gasteiger partial charge is 0.270 e. The summed E-state index contributed by atoms with van der Waals surface area (Å²) in [5.41, 5.74) is 0.507. The highest BCUT2D eigenvalue weighted by Crippen LogP contribution is 2.32. The largest absolute Gasteiger partial charge is 0.506 e. The number of phenolic OH excluding ortho intramolecular Hbond substituents is 1. The highest BCUT2D eigenvalue weighted by atomic mass is 79.9. The van der Waals surface area contributed by atoms with Gasteiger partial charge in [0.15, 0.2) is 11.6 Å². The highest BCUT2D eigenvalue weighted by molar-refractivity contribution is 9.10. The van der Waals surface area contributed by atoms with Gasteiger partial charge in [-0.2, -0.15) is 10.1 Å². The molecule has 0 bridgehead atoms. The second-order valence-electron chi connectivity index (χ2n) is 5.37. The molecule has 3 rings (SSSR count). The summed E-state index contributed by atoms with van der Waals surface area (Å²) in [6.45, 7) is 2.95. The van der Waals surface area contributed by atoms with Crippen molar-refractivity contribution >= 4 is 39.3 Å². The maximum absolute atomic E-state index is 14.0. The molecule has 7 nitrogen and oxygen atoms in total. The van der Waals surface area contributed by atoms with Crippen LogP contribution >= 0.6 is 27.5 Å². The molecule has 0 atom stereocenters. The van der Waals surface area contributed by atoms with Gasteiger partial charge in [-0.15, -0.1) is 5.11 Å². The van der Waals surface area contributed by atoms with Crippen LogP contribution in [0.3, 0.4) is 0 Å². The second kappa shape index (κ2) is 8.03. The third-order valence-corrected chi connectivity index (χ3v) is 4.38. The Morgan fingerprint density at radius 2 is 2.12 bits per heavy atom. The Kier molecular flexibility index (Phi) is 5.77. The van der Waals surface area contributed by atoms with E-state index in [4.69, 9.17) is 11.6 Å². The molecule has 0 radical (unpaired) electrons. The molecule has 1 aliphatic rings. The first-order valence-electron chi connectivity index (χ1n) is 7.57. The van der Waals surface area contributed by atoms with Gasteiger partial charge in [0.05, 0.1) is 17.8 Å². The van der Waals surface area contributed by atoms with E-state index in [0.717, 1.165) is 23.8 Å². The van der Waals surface area contributed by atoms with E-state index in [1.807, 2.05) is 4.90 Å². The van der Waals surface area contributed by atoms with Gasteiger partial charge in [0.25, 0.3) is 5.95 Å². The van der Waals surface area contributed by atoms with Crippen molar-refractivity contribution in [2.75, 3.05) is 31.1 Å². The van der Waals surface area contributed by atoms with Crippen LogP contribution < -0.4 is 10.2 Å². The summed E-state index contributed by atoms with van der Waals surface area (Å²) >= 11 is 9.21. The molecule has 1 aliphatic heterocycles. The molecule has 0 saturated carbocycles. The van der Waals surface area contributed by atoms with E-state index in [2.05, 4.69) is 41.4 Å². The number of azo groups is 1. The number of hydrogen-bond acceptors (Lipinski definition) is 7. The lowest BCUT2D eigenvalue weighted by Gasteiger charge is -2.28. The molecular formula is C15H15BrClFN6O. The summed E-state index contributed by atoms with van der Waals surface area (Å²) in [5.74, 6) is -0.253. The van der Waals surface area contributed by atoms with Gasteiger partial charge in [-0.3, -0.25) is 0 Å². The van der Waals surface area contributed by atoms with Crippen molar-refractivity contribution < 1.29 is 9.50 Å². The number of nitrogens with one attached hydrogen (secondary N) is 1. The van der Waals surface area contributed by atoms with Gasteiger partial charge in [-0.25, -0.2) is 9.37 Å². The van der Waals surface area contributed by atoms with Crippen LogP contribution in [0.25, 0.3) is 0 Å². The maximum atomic E-state index is 14.0. The van der Waals surface area contributed by atoms with E-state index in [9.17, 15) is 9.50 Å². The van der Waals surface area contributed by atoms with Crippen molar-refractivity contribution in [3.63, 3.8) is 0 Å². The quantitative estimate of drug-likeness (QED) is 0.727. The zero-order chi connectivity index (χ0) is 17.8. The van der Waals surface area contributed by atoms with Crippen molar-refractivity contribution in [3.8, 4) is 5.75 Å². The van der Waals surface area contributed by atoms with Gasteiger partial charge in [-0.1, -0.05) is 27.5 Å². The van der Waals surface area contributed by atoms with E-state index in [1.54, 1.807) is 12.1 Å². The van der Waals surface area contributed by atoms with Crippen LogP contribution in [0.4, 0.5) is 16.2 Å². The molecule has 0 spiro atoms. The van der Waals surface area contributed by atoms with Crippen LogP contribution in [-0.2, 0) is 6.54 Å². The molecule has 1 aromatic heterocycles. The fourth-order valence-corrected chi connectivity index (χ4v) is 3.29. The lowest BCUT2D eigenvalue weighted by molar-refractivity contribution is 0.468. The SMILES string of the molecule is Oc1c(Cl)cc(Br)cc1CN=Nc1ncc(F)c(N2CCNCC2)n1. The van der Waals surface area contributed by atoms with Gasteiger partial charge in [0, 0.05) is 36.2 Å². The molecule has 0 aliphatic carbocycles. The predicted molar refractivity (Wildman–Crippen MR) is 96.1 cm³/mol. The predicted octanol–water partition coefficient (Wildman–Crippen LogP) is 3.43. The summed E-state index contributed by atoms with van der Waals surface area (Å²) in [5, 5.41) is 21.2. The Morgan fingerprint density at radius 3 is 2.88 bits per heavy atom. The lowest BCUT2D eigenvalue weighted by Crippen LogP contribution is -2.44. The molecule has 2 aromatic rings. The van der Waals surface area contributed by atoms with E-state index in [0.29, 0.717) is 18.7 Å². The summed E-state index contributed by atoms with van der Waals surface area (Å²) < 4.78 is 14.7. The van der Waals surface area contributed by atoms with Gasteiger partial charge in [-0.05, 0) is 12.1 Å². The zero-order valence-electron chi connectivity index (χ0n) is 13.1.